The first-order valence-electron chi connectivity index (χ1n) is 43.7. The van der Waals surface area contributed by atoms with Gasteiger partial charge in [-0.2, -0.15) is 15.0 Å². The molecular formula is C92H114Cl3F2N25O10. The number of aromatic nitrogens is 12. The van der Waals surface area contributed by atoms with Gasteiger partial charge in [0.25, 0.3) is 41.4 Å². The minimum atomic E-state index is -2.62. The van der Waals surface area contributed by atoms with Crippen LogP contribution in [0, 0.1) is 83.1 Å². The van der Waals surface area contributed by atoms with Gasteiger partial charge in [-0.3, -0.25) is 73.1 Å². The van der Waals surface area contributed by atoms with E-state index in [9.17, 15) is 42.7 Å². The number of hydrogen-bond acceptors (Lipinski definition) is 26. The molecule has 3 saturated heterocycles. The number of hydrogen-bond donors (Lipinski definition) is 10. The summed E-state index contributed by atoms with van der Waals surface area (Å²) in [5.41, 5.74) is 34.0. The van der Waals surface area contributed by atoms with Crippen molar-refractivity contribution in [3.05, 3.63) is 169 Å². The summed E-state index contributed by atoms with van der Waals surface area (Å²) in [6, 6.07) is 0.548. The largest absolute Gasteiger partial charge is 0.496 e. The Morgan fingerprint density at radius 3 is 1.10 bits per heavy atom. The number of ether oxygens (including phenoxy) is 3. The van der Waals surface area contributed by atoms with Gasteiger partial charge in [0.1, 0.15) is 32.7 Å². The van der Waals surface area contributed by atoms with Crippen molar-refractivity contribution < 1.29 is 56.9 Å². The number of nitrogens with zero attached hydrogens (tertiary/aromatic N) is 16. The van der Waals surface area contributed by atoms with Gasteiger partial charge < -0.3 is 72.3 Å². The molecule has 0 radical (unpaired) electrons. The number of nitrogens with one attached hydrogen (secondary N) is 6. The molecule has 6 amide bonds. The molecule has 0 aromatic carbocycles. The number of carbonyl (C=O) groups is 6. The summed E-state index contributed by atoms with van der Waals surface area (Å²) in [6.45, 7) is 36.5. The number of halogens is 5. The molecule has 6 aliphatic heterocycles. The topological polar surface area (TPSA) is 451 Å². The molecule has 9 aromatic rings. The van der Waals surface area contributed by atoms with Gasteiger partial charge in [-0.25, -0.2) is 23.7 Å². The lowest BCUT2D eigenvalue weighted by Gasteiger charge is -2.36. The van der Waals surface area contributed by atoms with E-state index < -0.39 is 5.92 Å². The standard InChI is InChI=1S/C32H42ClN9O3.C30H35ClF2N8O3.C30H37ClN8O4/c1-17(2)41-12-10-40(11-13-41)9-8-35-30(43)25-19(4)23(37-21(25)6)14-22-26-28(33)38-32(34)39-29(26)42(31(22)44)16-24-20(5)27(45-7)18(3)15-36-24;1-15-13-36-21(17(3)24(15)44-5)14-41-26-23(25(31)38-29(34)39-26)19(28(41)43)12-20-16(2)22(18(4)37-20)27(42)35-8-11-40-9-6-30(32,33)7-10-40;1-15-12-34-22(17(3)25(15)43-5)14-39-27-24(26(31)36-30(32)37-27)20(29(39)42)11-21-16(2)23(18(4)35-21)28(41)33-8-10-38-9-6-7-19(40)13-38/h14-15,17,37H,8-13,16H2,1-7H3,(H,35,43)(H2,34,38,39);12-13,37H,6-11,14H2,1-5H3,(H,35,42)(H2,34,38,39);11-12,19,35,40H,6-10,13-14H2,1-5H3,(H,33,41)(H2,32,36,37)/b22-14-;19-12-;20-11-. The number of alkyl halides is 2. The number of methoxy groups -OCH3 is 3. The third kappa shape index (κ3) is 20.7. The van der Waals surface area contributed by atoms with Crippen molar-refractivity contribution in [1.29, 1.82) is 0 Å². The van der Waals surface area contributed by atoms with E-state index in [-0.39, 0.29) is 130 Å². The van der Waals surface area contributed by atoms with Crippen LogP contribution in [0.5, 0.6) is 17.2 Å². The molecule has 15 heterocycles. The molecule has 3 fully saturated rings. The highest BCUT2D eigenvalue weighted by Gasteiger charge is 2.43. The first-order valence-corrected chi connectivity index (χ1v) is 44.8. The fourth-order valence-electron chi connectivity index (χ4n) is 17.9. The predicted molar refractivity (Wildman–Crippen MR) is 506 cm³/mol. The number of likely N-dealkylation sites (tertiary alicyclic amines) is 2. The molecule has 15 rings (SSSR count). The van der Waals surface area contributed by atoms with Crippen LogP contribution in [-0.4, -0.2) is 251 Å². The number of β-amino-alcohol motifs (C(OH)–C–C–N with tert-alkyl or cyclic N) is 1. The molecule has 0 saturated carbocycles. The van der Waals surface area contributed by atoms with E-state index in [4.69, 9.17) is 66.2 Å². The summed E-state index contributed by atoms with van der Waals surface area (Å²) in [6.07, 6.45) is 11.2. The number of fused-ring (bicyclic) bond motifs is 3. The number of pyridine rings is 3. The van der Waals surface area contributed by atoms with Crippen molar-refractivity contribution in [1.82, 2.24) is 95.4 Å². The maximum Gasteiger partial charge on any atom is 0.260 e. The van der Waals surface area contributed by atoms with E-state index in [0.29, 0.717) is 183 Å². The molecular weight excluding hydrogens is 1760 g/mol. The summed E-state index contributed by atoms with van der Waals surface area (Å²) in [7, 11) is 4.78. The highest BCUT2D eigenvalue weighted by Crippen LogP contribution is 2.47. The van der Waals surface area contributed by atoms with Crippen LogP contribution in [-0.2, 0) is 34.0 Å². The second kappa shape index (κ2) is 40.9. The van der Waals surface area contributed by atoms with E-state index in [2.05, 4.69) is 104 Å². The smallest absolute Gasteiger partial charge is 0.260 e. The molecule has 35 nitrogen and oxygen atoms in total. The maximum absolute atomic E-state index is 14.0. The normalized spacial score (nSPS) is 17.3. The number of aliphatic hydroxyl groups excluding tert-OH is 1. The first-order chi connectivity index (χ1) is 62.7. The van der Waals surface area contributed by atoms with Crippen molar-refractivity contribution in [3.63, 3.8) is 0 Å². The van der Waals surface area contributed by atoms with Crippen molar-refractivity contribution in [2.75, 3.05) is 145 Å². The minimum Gasteiger partial charge on any atom is -0.496 e. The fourth-order valence-corrected chi connectivity index (χ4v) is 18.7. The Balaban J connectivity index is 0.000000168. The Labute approximate surface area is 779 Å². The molecule has 40 heteroatoms. The van der Waals surface area contributed by atoms with Crippen LogP contribution in [0.1, 0.15) is 189 Å². The fraction of sp³-hybridized carbons (Fsp3) is 0.446. The number of aromatic amines is 3. The summed E-state index contributed by atoms with van der Waals surface area (Å²) in [5.74, 6) is -1.59. The lowest BCUT2D eigenvalue weighted by molar-refractivity contribution is -0.113. The van der Waals surface area contributed by atoms with Gasteiger partial charge in [0.15, 0.2) is 17.5 Å². The van der Waals surface area contributed by atoms with Crippen LogP contribution in [0.4, 0.5) is 44.1 Å². The van der Waals surface area contributed by atoms with Crippen molar-refractivity contribution in [3.8, 4) is 17.2 Å². The van der Waals surface area contributed by atoms with Gasteiger partial charge in [0, 0.05) is 190 Å². The second-order valence-electron chi connectivity index (χ2n) is 34.2. The lowest BCUT2D eigenvalue weighted by Crippen LogP contribution is -2.50. The SMILES string of the molecule is COc1c(C)cnc(CN2C(=O)/C(=C\c3[nH]c(C)c(C(=O)NCCN4CCC(F)(F)CC4)c3C)c3c(Cl)nc(N)nc32)c1C.COc1c(C)cnc(CN2C(=O)/C(=C\c3[nH]c(C)c(C(=O)NCCN4CCCC(O)C4)c3C)c3c(Cl)nc(N)nc32)c1C.COc1c(C)cnc(CN2C(=O)/C(=C\c3[nH]c(C)c(C(=O)NCCN4CCN(C(C)C)CC4)c3C)c3c(Cl)nc(N)nc32)c1C. The number of H-pyrrole nitrogens is 3. The maximum atomic E-state index is 14.0. The van der Waals surface area contributed by atoms with E-state index >= 15 is 0 Å². The van der Waals surface area contributed by atoms with Gasteiger partial charge >= 0.3 is 0 Å². The monoisotopic (exact) mass is 1870 g/mol. The number of piperidine rings is 2. The van der Waals surface area contributed by atoms with Gasteiger partial charge in [0.2, 0.25) is 17.8 Å². The highest BCUT2D eigenvalue weighted by molar-refractivity contribution is 6.43. The Morgan fingerprint density at radius 1 is 0.485 bits per heavy atom. The zero-order valence-electron chi connectivity index (χ0n) is 77.4. The number of nitrogens with two attached hydrogens (primary N) is 3. The Kier molecular flexibility index (Phi) is 30.2. The summed E-state index contributed by atoms with van der Waals surface area (Å²) in [5, 5.41) is 19.0. The summed E-state index contributed by atoms with van der Waals surface area (Å²) >= 11 is 19.6. The second-order valence-corrected chi connectivity index (χ2v) is 35.3. The molecule has 0 aliphatic carbocycles. The van der Waals surface area contributed by atoms with Crippen molar-refractivity contribution in [2.24, 2.45) is 0 Å². The lowest BCUT2D eigenvalue weighted by atomic mass is 10.1. The molecule has 0 spiro atoms. The highest BCUT2D eigenvalue weighted by atomic mass is 35.5. The Bertz CT molecular complexity index is 6090. The average molecular weight is 1870 g/mol. The molecule has 702 valence electrons. The zero-order chi connectivity index (χ0) is 95.5. The molecule has 1 atom stereocenters. The van der Waals surface area contributed by atoms with Crippen LogP contribution in [0.15, 0.2) is 18.6 Å². The molecule has 13 N–H and O–H groups in total. The summed E-state index contributed by atoms with van der Waals surface area (Å²) < 4.78 is 43.6. The third-order valence-electron chi connectivity index (χ3n) is 25.1. The van der Waals surface area contributed by atoms with E-state index in [1.807, 2.05) is 74.1 Å². The van der Waals surface area contributed by atoms with Crippen molar-refractivity contribution >= 4 is 140 Å². The van der Waals surface area contributed by atoms with Gasteiger partial charge in [0.05, 0.1) is 114 Å². The number of carbonyl (C=O) groups excluding carboxylic acids is 6. The average Bonchev–Trinajstić information content (AvgIpc) is 1.60. The molecule has 132 heavy (non-hydrogen) atoms. The third-order valence-corrected chi connectivity index (χ3v) is 25.9. The van der Waals surface area contributed by atoms with Gasteiger partial charge in [-0.15, -0.1) is 0 Å². The van der Waals surface area contributed by atoms with E-state index in [1.54, 1.807) is 72.0 Å². The van der Waals surface area contributed by atoms with Crippen molar-refractivity contribution in [2.45, 2.75) is 160 Å². The Hall–Kier alpha value is -12.1. The number of amides is 6. The van der Waals surface area contributed by atoms with Crippen LogP contribution >= 0.6 is 34.8 Å². The zero-order valence-corrected chi connectivity index (χ0v) is 79.6. The molecule has 6 aliphatic rings. The van der Waals surface area contributed by atoms with Crippen LogP contribution in [0.2, 0.25) is 15.5 Å². The molecule has 1 unspecified atom stereocenters. The van der Waals surface area contributed by atoms with E-state index in [0.717, 1.165) is 91.1 Å². The number of piperazine rings is 1. The molecule has 0 bridgehead atoms. The van der Waals surface area contributed by atoms with Crippen LogP contribution < -0.4 is 62.1 Å². The summed E-state index contributed by atoms with van der Waals surface area (Å²) in [4.78, 5) is 144. The number of aliphatic hydroxyl groups is 1. The first kappa shape index (κ1) is 97.4. The number of nitrogen functional groups attached to an aromatic ring is 3. The minimum absolute atomic E-state index is 0.0233. The van der Waals surface area contributed by atoms with Crippen LogP contribution in [0.25, 0.3) is 34.9 Å². The predicted octanol–water partition coefficient (Wildman–Crippen LogP) is 10.7. The van der Waals surface area contributed by atoms with Crippen LogP contribution in [0.3, 0.4) is 0 Å². The van der Waals surface area contributed by atoms with Gasteiger partial charge in [-0.05, 0) is 151 Å². The quantitative estimate of drug-likeness (QED) is 0.0188. The van der Waals surface area contributed by atoms with Gasteiger partial charge in [-0.1, -0.05) is 34.8 Å². The molecule has 9 aromatic heterocycles. The van der Waals surface area contributed by atoms with E-state index in [1.165, 1.54) is 14.7 Å². The number of rotatable bonds is 25. The Morgan fingerprint density at radius 2 is 0.795 bits per heavy atom. The number of anilines is 6. The number of aryl methyl sites for hydroxylation is 6.